The second-order valence-electron chi connectivity index (χ2n) is 12.2. The normalized spacial score (nSPS) is 23.3. The number of hydrogen-bond donors (Lipinski definition) is 0. The van der Waals surface area contributed by atoms with Crippen LogP contribution in [0.15, 0.2) is 119 Å². The van der Waals surface area contributed by atoms with Crippen LogP contribution in [0, 0.1) is 43.4 Å². The van der Waals surface area contributed by atoms with Crippen molar-refractivity contribution in [1.29, 1.82) is 0 Å². The van der Waals surface area contributed by atoms with Gasteiger partial charge in [0.2, 0.25) is 0 Å². The predicted octanol–water partition coefficient (Wildman–Crippen LogP) is 7.13. The van der Waals surface area contributed by atoms with Crippen LogP contribution in [0.1, 0.15) is 41.0 Å². The van der Waals surface area contributed by atoms with Crippen LogP contribution in [-0.2, 0) is 28.6 Å². The Balaban J connectivity index is 1.33. The molecule has 6 rings (SSSR count). The van der Waals surface area contributed by atoms with E-state index in [0.29, 0.717) is 0 Å². The molecule has 230 valence electrons. The summed E-state index contributed by atoms with van der Waals surface area (Å²) in [5.41, 5.74) is 4.31. The number of benzene rings is 4. The third kappa shape index (κ3) is 6.26. The third-order valence-electron chi connectivity index (χ3n) is 9.62. The lowest BCUT2D eigenvalue weighted by Crippen LogP contribution is -2.31. The molecule has 4 aromatic carbocycles. The third-order valence-corrected chi connectivity index (χ3v) is 12.2. The van der Waals surface area contributed by atoms with Crippen molar-refractivity contribution in [2.75, 3.05) is 13.2 Å². The van der Waals surface area contributed by atoms with Crippen molar-refractivity contribution in [3.05, 3.63) is 131 Å². The minimum atomic E-state index is -4.00. The summed E-state index contributed by atoms with van der Waals surface area (Å²) >= 11 is 0. The van der Waals surface area contributed by atoms with Crippen LogP contribution in [0.25, 0.3) is 0 Å². The fraction of sp³-hybridized carbons (Fsp3) is 0.333. The summed E-state index contributed by atoms with van der Waals surface area (Å²) in [5, 5.41) is 0. The van der Waals surface area contributed by atoms with E-state index >= 15 is 0 Å². The summed E-state index contributed by atoms with van der Waals surface area (Å²) < 4.78 is 64.5. The van der Waals surface area contributed by atoms with Gasteiger partial charge >= 0.3 is 0 Å². The van der Waals surface area contributed by atoms with Gasteiger partial charge < -0.3 is 0 Å². The van der Waals surface area contributed by atoms with Crippen molar-refractivity contribution >= 4 is 20.2 Å². The molecule has 0 aliphatic heterocycles. The van der Waals surface area contributed by atoms with Crippen LogP contribution in [0.3, 0.4) is 0 Å². The quantitative estimate of drug-likeness (QED) is 0.164. The Morgan fingerprint density at radius 3 is 1.30 bits per heavy atom. The molecule has 0 amide bonds. The number of rotatable bonds is 11. The van der Waals surface area contributed by atoms with Gasteiger partial charge in [-0.05, 0) is 91.7 Å². The number of hydrogen-bond acceptors (Lipinski definition) is 6. The molecule has 1 unspecified atom stereocenters. The molecule has 0 spiro atoms. The molecule has 44 heavy (non-hydrogen) atoms. The Morgan fingerprint density at radius 1 is 0.568 bits per heavy atom. The second kappa shape index (κ2) is 12.6. The van der Waals surface area contributed by atoms with Gasteiger partial charge in [-0.2, -0.15) is 16.8 Å². The minimum absolute atomic E-state index is 0.0250. The van der Waals surface area contributed by atoms with Crippen molar-refractivity contribution in [1.82, 2.24) is 0 Å². The van der Waals surface area contributed by atoms with Crippen LogP contribution < -0.4 is 0 Å². The summed E-state index contributed by atoms with van der Waals surface area (Å²) in [5.74, 6) is 0.129. The lowest BCUT2D eigenvalue weighted by Gasteiger charge is -2.30. The van der Waals surface area contributed by atoms with Crippen LogP contribution in [0.2, 0.25) is 0 Å². The maximum Gasteiger partial charge on any atom is 0.296 e. The minimum Gasteiger partial charge on any atom is -0.266 e. The summed E-state index contributed by atoms with van der Waals surface area (Å²) in [7, 11) is -7.99. The van der Waals surface area contributed by atoms with Crippen molar-refractivity contribution < 1.29 is 25.2 Å². The zero-order valence-corrected chi connectivity index (χ0v) is 26.6. The van der Waals surface area contributed by atoms with E-state index in [4.69, 9.17) is 8.37 Å². The van der Waals surface area contributed by atoms with Gasteiger partial charge in [0.1, 0.15) is 0 Å². The largest absolute Gasteiger partial charge is 0.296 e. The lowest BCUT2D eigenvalue weighted by atomic mass is 9.75. The SMILES string of the molecule is Cc1ccc(S(=O)(=O)OC[C@@H]2[C@@H](COS(=O)(=O)c3ccc(C)cc3)[C@H]3CC[C@@H]2C3C(c2ccccc2)c2ccccc2)cc1. The summed E-state index contributed by atoms with van der Waals surface area (Å²) in [4.78, 5) is 0.230. The average Bonchev–Trinajstić information content (AvgIpc) is 3.56. The molecule has 0 saturated heterocycles. The van der Waals surface area contributed by atoms with Gasteiger partial charge in [-0.3, -0.25) is 8.37 Å². The molecule has 2 aliphatic rings. The predicted molar refractivity (Wildman–Crippen MR) is 170 cm³/mol. The molecule has 6 nitrogen and oxygen atoms in total. The monoisotopic (exact) mass is 630 g/mol. The van der Waals surface area contributed by atoms with Gasteiger partial charge in [0.25, 0.3) is 20.2 Å². The molecule has 0 aromatic heterocycles. The second-order valence-corrected chi connectivity index (χ2v) is 15.4. The molecule has 0 heterocycles. The van der Waals surface area contributed by atoms with Crippen LogP contribution in [-0.4, -0.2) is 30.0 Å². The molecule has 2 aliphatic carbocycles. The highest BCUT2D eigenvalue weighted by atomic mass is 32.2. The molecule has 8 heteroatoms. The Labute approximate surface area is 261 Å². The van der Waals surface area contributed by atoms with E-state index in [-0.39, 0.29) is 58.5 Å². The molecule has 5 atom stereocenters. The first-order valence-corrected chi connectivity index (χ1v) is 18.0. The van der Waals surface area contributed by atoms with E-state index in [0.717, 1.165) is 24.0 Å². The van der Waals surface area contributed by atoms with Crippen LogP contribution in [0.4, 0.5) is 0 Å². The van der Waals surface area contributed by atoms with Crippen LogP contribution >= 0.6 is 0 Å². The average molecular weight is 631 g/mol. The topological polar surface area (TPSA) is 86.7 Å². The van der Waals surface area contributed by atoms with E-state index in [1.807, 2.05) is 50.2 Å². The smallest absolute Gasteiger partial charge is 0.266 e. The standard InChI is InChI=1S/C36H38O6S2/c1-25-13-17-29(18-14-25)43(37,38)41-23-33-31-21-22-32(34(33)24-42-44(39,40)30-19-15-26(2)16-20-30)36(31)35(27-9-5-3-6-10-27)28-11-7-4-8-12-28/h3-20,31-36H,21-24H2,1-2H3/t31-,32+,33-,34-,36?/m0/s1. The maximum absolute atomic E-state index is 13.3. The van der Waals surface area contributed by atoms with E-state index in [1.165, 1.54) is 11.1 Å². The summed E-state index contributed by atoms with van der Waals surface area (Å²) in [6.07, 6.45) is 1.84. The van der Waals surface area contributed by atoms with Gasteiger partial charge in [-0.25, -0.2) is 0 Å². The fourth-order valence-corrected chi connectivity index (χ4v) is 9.43. The zero-order chi connectivity index (χ0) is 30.9. The number of aryl methyl sites for hydroxylation is 2. The van der Waals surface area contributed by atoms with Crippen molar-refractivity contribution in [2.24, 2.45) is 29.6 Å². The van der Waals surface area contributed by atoms with E-state index in [9.17, 15) is 16.8 Å². The molecule has 0 N–H and O–H groups in total. The Hall–Kier alpha value is -3.30. The highest BCUT2D eigenvalue weighted by Gasteiger charge is 2.57. The summed E-state index contributed by atoms with van der Waals surface area (Å²) in [6, 6.07) is 34.0. The van der Waals surface area contributed by atoms with Crippen molar-refractivity contribution in [3.63, 3.8) is 0 Å². The Morgan fingerprint density at radius 2 is 0.932 bits per heavy atom. The van der Waals surface area contributed by atoms with E-state index in [2.05, 4.69) is 24.3 Å². The maximum atomic E-state index is 13.3. The van der Waals surface area contributed by atoms with Gasteiger partial charge in [-0.15, -0.1) is 0 Å². The molecule has 0 radical (unpaired) electrons. The first-order valence-electron chi connectivity index (χ1n) is 15.2. The van der Waals surface area contributed by atoms with Crippen molar-refractivity contribution in [2.45, 2.75) is 42.4 Å². The summed E-state index contributed by atoms with van der Waals surface area (Å²) in [6.45, 7) is 3.75. The molecule has 2 bridgehead atoms. The molecule has 2 saturated carbocycles. The molecule has 4 aromatic rings. The lowest BCUT2D eigenvalue weighted by molar-refractivity contribution is 0.101. The molecular weight excluding hydrogens is 593 g/mol. The highest BCUT2D eigenvalue weighted by molar-refractivity contribution is 7.87. The van der Waals surface area contributed by atoms with E-state index in [1.54, 1.807) is 48.5 Å². The first-order chi connectivity index (χ1) is 21.1. The molecule has 2 fully saturated rings. The zero-order valence-electron chi connectivity index (χ0n) is 25.0. The van der Waals surface area contributed by atoms with Crippen molar-refractivity contribution in [3.8, 4) is 0 Å². The van der Waals surface area contributed by atoms with Crippen LogP contribution in [0.5, 0.6) is 0 Å². The molecular formula is C36H38O6S2. The fourth-order valence-electron chi connectivity index (χ4n) is 7.55. The van der Waals surface area contributed by atoms with Gasteiger partial charge in [0.05, 0.1) is 23.0 Å². The van der Waals surface area contributed by atoms with E-state index < -0.39 is 20.2 Å². The van der Waals surface area contributed by atoms with Gasteiger partial charge in [0.15, 0.2) is 0 Å². The Kier molecular flexibility index (Phi) is 8.79. The Bertz CT molecular complexity index is 1640. The highest BCUT2D eigenvalue weighted by Crippen LogP contribution is 2.61. The first kappa shape index (κ1) is 30.7. The van der Waals surface area contributed by atoms with Gasteiger partial charge in [-0.1, -0.05) is 96.1 Å². The van der Waals surface area contributed by atoms with Gasteiger partial charge in [0, 0.05) is 5.92 Å². The number of fused-ring (bicyclic) bond motifs is 2.